The van der Waals surface area contributed by atoms with Gasteiger partial charge in [0, 0.05) is 22.0 Å². The predicted octanol–water partition coefficient (Wildman–Crippen LogP) is 4.95. The lowest BCUT2D eigenvalue weighted by Crippen LogP contribution is -2.18. The summed E-state index contributed by atoms with van der Waals surface area (Å²) in [6.07, 6.45) is 1.54. The number of rotatable bonds is 5. The molecule has 1 amide bonds. The fourth-order valence-corrected chi connectivity index (χ4v) is 3.63. The molecule has 3 aromatic rings. The quantitative estimate of drug-likeness (QED) is 0.344. The van der Waals surface area contributed by atoms with E-state index in [0.29, 0.717) is 16.3 Å². The van der Waals surface area contributed by atoms with E-state index in [4.69, 9.17) is 27.9 Å². The highest BCUT2D eigenvalue weighted by molar-refractivity contribution is 6.36. The first kappa shape index (κ1) is 21.6. The van der Waals surface area contributed by atoms with E-state index in [9.17, 15) is 9.59 Å². The highest BCUT2D eigenvalue weighted by atomic mass is 35.5. The zero-order valence-corrected chi connectivity index (χ0v) is 18.1. The van der Waals surface area contributed by atoms with E-state index in [-0.39, 0.29) is 10.6 Å². The molecule has 1 heterocycles. The summed E-state index contributed by atoms with van der Waals surface area (Å²) in [7, 11) is 1.35. The molecule has 1 N–H and O–H groups in total. The van der Waals surface area contributed by atoms with Gasteiger partial charge in [0.25, 0.3) is 5.91 Å². The number of ether oxygens (including phenoxy) is 1. The normalized spacial score (nSPS) is 11.0. The topological polar surface area (TPSA) is 72.7 Å². The second-order valence-corrected chi connectivity index (χ2v) is 7.34. The maximum Gasteiger partial charge on any atom is 0.339 e. The third-order valence-electron chi connectivity index (χ3n) is 4.57. The van der Waals surface area contributed by atoms with Gasteiger partial charge < -0.3 is 9.30 Å². The second kappa shape index (κ2) is 9.15. The molecule has 0 spiro atoms. The summed E-state index contributed by atoms with van der Waals surface area (Å²) in [6.45, 7) is 3.82. The zero-order chi connectivity index (χ0) is 21.8. The minimum absolute atomic E-state index is 0.243. The first-order valence-corrected chi connectivity index (χ1v) is 9.74. The summed E-state index contributed by atoms with van der Waals surface area (Å²) in [5.74, 6) is -0.863. The number of nitrogens with one attached hydrogen (secondary N) is 1. The molecule has 0 aliphatic carbocycles. The summed E-state index contributed by atoms with van der Waals surface area (Å²) in [6, 6.07) is 13.7. The number of methoxy groups -OCH3 is 1. The number of hydrazone groups is 1. The molecule has 0 aliphatic heterocycles. The minimum Gasteiger partial charge on any atom is -0.465 e. The van der Waals surface area contributed by atoms with Crippen molar-refractivity contribution in [1.29, 1.82) is 0 Å². The number of benzene rings is 2. The van der Waals surface area contributed by atoms with Crippen LogP contribution in [0.2, 0.25) is 10.0 Å². The van der Waals surface area contributed by atoms with Gasteiger partial charge in [-0.2, -0.15) is 5.10 Å². The molecule has 0 bridgehead atoms. The van der Waals surface area contributed by atoms with Gasteiger partial charge in [0.15, 0.2) is 0 Å². The molecule has 30 heavy (non-hydrogen) atoms. The average Bonchev–Trinajstić information content (AvgIpc) is 3.00. The number of carbonyl (C=O) groups excluding carboxylic acids is 2. The van der Waals surface area contributed by atoms with Crippen molar-refractivity contribution in [3.05, 3.63) is 86.7 Å². The number of hydrogen-bond donors (Lipinski definition) is 1. The van der Waals surface area contributed by atoms with Crippen molar-refractivity contribution < 1.29 is 14.3 Å². The number of para-hydroxylation sites is 1. The number of halogens is 2. The standard InChI is InChI=1S/C22H19Cl2N3O3/c1-13-10-15(12-25-26-21(28)17-9-8-16(23)11-19(17)24)14(2)27(13)20-7-5-4-6-18(20)22(29)30-3/h4-12H,1-3H3,(H,26,28)/b25-12-. The lowest BCUT2D eigenvalue weighted by molar-refractivity contribution is 0.0600. The third-order valence-corrected chi connectivity index (χ3v) is 5.11. The van der Waals surface area contributed by atoms with Gasteiger partial charge in [-0.25, -0.2) is 10.2 Å². The van der Waals surface area contributed by atoms with Crippen LogP contribution in [0.1, 0.15) is 37.7 Å². The van der Waals surface area contributed by atoms with E-state index in [0.717, 1.165) is 17.0 Å². The van der Waals surface area contributed by atoms with E-state index in [2.05, 4.69) is 10.5 Å². The van der Waals surface area contributed by atoms with Gasteiger partial charge in [-0.15, -0.1) is 0 Å². The molecule has 3 rings (SSSR count). The number of hydrogen-bond acceptors (Lipinski definition) is 4. The maximum atomic E-state index is 12.3. The van der Waals surface area contributed by atoms with Crippen LogP contribution in [0, 0.1) is 13.8 Å². The minimum atomic E-state index is -0.447. The summed E-state index contributed by atoms with van der Waals surface area (Å²) < 4.78 is 6.83. The third kappa shape index (κ3) is 4.40. The molecular formula is C22H19Cl2N3O3. The monoisotopic (exact) mass is 443 g/mol. The van der Waals surface area contributed by atoms with Crippen molar-refractivity contribution in [3.8, 4) is 5.69 Å². The fourth-order valence-electron chi connectivity index (χ4n) is 3.13. The number of nitrogens with zero attached hydrogens (tertiary/aromatic N) is 2. The van der Waals surface area contributed by atoms with Gasteiger partial charge in [-0.05, 0) is 50.2 Å². The first-order chi connectivity index (χ1) is 14.3. The summed E-state index contributed by atoms with van der Waals surface area (Å²) in [5, 5.41) is 4.73. The number of esters is 1. The van der Waals surface area contributed by atoms with Gasteiger partial charge in [0.1, 0.15) is 0 Å². The van der Waals surface area contributed by atoms with E-state index >= 15 is 0 Å². The first-order valence-electron chi connectivity index (χ1n) is 8.98. The highest BCUT2D eigenvalue weighted by Crippen LogP contribution is 2.24. The van der Waals surface area contributed by atoms with Crippen LogP contribution in [-0.2, 0) is 4.74 Å². The van der Waals surface area contributed by atoms with Crippen molar-refractivity contribution in [2.45, 2.75) is 13.8 Å². The molecule has 154 valence electrons. The van der Waals surface area contributed by atoms with E-state index < -0.39 is 11.9 Å². The Morgan fingerprint density at radius 1 is 1.07 bits per heavy atom. The number of carbonyl (C=O) groups is 2. The van der Waals surface area contributed by atoms with Crippen LogP contribution in [-0.4, -0.2) is 29.8 Å². The van der Waals surface area contributed by atoms with Gasteiger partial charge in [0.2, 0.25) is 0 Å². The van der Waals surface area contributed by atoms with Gasteiger partial charge >= 0.3 is 5.97 Å². The molecule has 0 unspecified atom stereocenters. The van der Waals surface area contributed by atoms with Gasteiger partial charge in [-0.3, -0.25) is 4.79 Å². The van der Waals surface area contributed by atoms with Crippen LogP contribution in [0.4, 0.5) is 0 Å². The lowest BCUT2D eigenvalue weighted by Gasteiger charge is -2.13. The molecule has 0 aliphatic rings. The predicted molar refractivity (Wildman–Crippen MR) is 118 cm³/mol. The average molecular weight is 444 g/mol. The Morgan fingerprint density at radius 3 is 2.50 bits per heavy atom. The molecule has 8 heteroatoms. The van der Waals surface area contributed by atoms with Crippen molar-refractivity contribution in [2.24, 2.45) is 5.10 Å². The van der Waals surface area contributed by atoms with E-state index in [1.165, 1.54) is 19.2 Å². The van der Waals surface area contributed by atoms with Crippen LogP contribution in [0.3, 0.4) is 0 Å². The molecule has 6 nitrogen and oxygen atoms in total. The van der Waals surface area contributed by atoms with Crippen molar-refractivity contribution in [1.82, 2.24) is 9.99 Å². The number of amides is 1. The SMILES string of the molecule is COC(=O)c1ccccc1-n1c(C)cc(/C=N\NC(=O)c2ccc(Cl)cc2Cl)c1C. The van der Waals surface area contributed by atoms with Gasteiger partial charge in [-0.1, -0.05) is 35.3 Å². The maximum absolute atomic E-state index is 12.3. The van der Waals surface area contributed by atoms with Crippen LogP contribution in [0.5, 0.6) is 0 Å². The van der Waals surface area contributed by atoms with E-state index in [1.807, 2.05) is 36.6 Å². The van der Waals surface area contributed by atoms with Crippen molar-refractivity contribution in [3.63, 3.8) is 0 Å². The molecule has 0 saturated heterocycles. The number of aromatic nitrogens is 1. The Bertz CT molecular complexity index is 1150. The Balaban J connectivity index is 1.86. The van der Waals surface area contributed by atoms with Crippen LogP contribution >= 0.6 is 23.2 Å². The molecule has 2 aromatic carbocycles. The summed E-state index contributed by atoms with van der Waals surface area (Å²) in [5.41, 5.74) is 6.44. The van der Waals surface area contributed by atoms with E-state index in [1.54, 1.807) is 24.4 Å². The fraction of sp³-hybridized carbons (Fsp3) is 0.136. The van der Waals surface area contributed by atoms with Crippen LogP contribution in [0.25, 0.3) is 5.69 Å². The Kier molecular flexibility index (Phi) is 6.59. The molecule has 0 radical (unpaired) electrons. The van der Waals surface area contributed by atoms with Gasteiger partial charge in [0.05, 0.1) is 35.2 Å². The van der Waals surface area contributed by atoms with Crippen molar-refractivity contribution in [2.75, 3.05) is 7.11 Å². The summed E-state index contributed by atoms with van der Waals surface area (Å²) in [4.78, 5) is 24.4. The van der Waals surface area contributed by atoms with Crippen molar-refractivity contribution >= 4 is 41.3 Å². The molecule has 1 aromatic heterocycles. The Morgan fingerprint density at radius 2 is 1.80 bits per heavy atom. The smallest absolute Gasteiger partial charge is 0.339 e. The van der Waals surface area contributed by atoms with Crippen LogP contribution < -0.4 is 5.43 Å². The highest BCUT2D eigenvalue weighted by Gasteiger charge is 2.17. The molecule has 0 saturated carbocycles. The van der Waals surface area contributed by atoms with Crippen LogP contribution in [0.15, 0.2) is 53.6 Å². The Labute approximate surface area is 184 Å². The zero-order valence-electron chi connectivity index (χ0n) is 16.6. The summed E-state index contributed by atoms with van der Waals surface area (Å²) >= 11 is 11.9. The Hall–Kier alpha value is -3.09. The lowest BCUT2D eigenvalue weighted by atomic mass is 10.1. The molecular weight excluding hydrogens is 425 g/mol. The molecule has 0 fully saturated rings. The second-order valence-electron chi connectivity index (χ2n) is 6.49. The number of aryl methyl sites for hydroxylation is 1. The molecule has 0 atom stereocenters. The largest absolute Gasteiger partial charge is 0.465 e.